The second-order valence-corrected chi connectivity index (χ2v) is 8.35. The molecule has 2 saturated heterocycles. The minimum atomic E-state index is -0.873. The van der Waals surface area contributed by atoms with Gasteiger partial charge in [-0.1, -0.05) is 26.2 Å². The number of hydrogen-bond donors (Lipinski definition) is 2. The second kappa shape index (κ2) is 7.58. The van der Waals surface area contributed by atoms with Gasteiger partial charge in [-0.15, -0.1) is 0 Å². The molecule has 3 unspecified atom stereocenters. The van der Waals surface area contributed by atoms with E-state index in [-0.39, 0.29) is 42.5 Å². The van der Waals surface area contributed by atoms with Gasteiger partial charge in [-0.2, -0.15) is 0 Å². The SMILES string of the molecule is CC(CCC(=O)N1CCC2C1C(=O)CN2C(=O)C1(N)CCCCC1)C(N)=O. The third kappa shape index (κ3) is 3.72. The van der Waals surface area contributed by atoms with E-state index < -0.39 is 17.5 Å². The van der Waals surface area contributed by atoms with Crippen molar-refractivity contribution in [3.8, 4) is 0 Å². The van der Waals surface area contributed by atoms with Crippen LogP contribution in [0.3, 0.4) is 0 Å². The van der Waals surface area contributed by atoms with Crippen molar-refractivity contribution >= 4 is 23.5 Å². The van der Waals surface area contributed by atoms with E-state index in [2.05, 4.69) is 0 Å². The highest BCUT2D eigenvalue weighted by Crippen LogP contribution is 2.35. The smallest absolute Gasteiger partial charge is 0.243 e. The number of amides is 3. The minimum Gasteiger partial charge on any atom is -0.369 e. The van der Waals surface area contributed by atoms with Crippen LogP contribution in [0.1, 0.15) is 58.3 Å². The van der Waals surface area contributed by atoms with E-state index in [9.17, 15) is 19.2 Å². The molecule has 0 bridgehead atoms. The molecule has 0 aromatic carbocycles. The Morgan fingerprint density at radius 3 is 2.48 bits per heavy atom. The van der Waals surface area contributed by atoms with Crippen molar-refractivity contribution in [2.45, 2.75) is 75.9 Å². The summed E-state index contributed by atoms with van der Waals surface area (Å²) in [6.07, 6.45) is 5.39. The maximum atomic E-state index is 13.1. The fraction of sp³-hybridized carbons (Fsp3) is 0.789. The molecular formula is C19H30N4O4. The molecule has 8 heteroatoms. The van der Waals surface area contributed by atoms with Crippen molar-refractivity contribution in [2.24, 2.45) is 17.4 Å². The number of nitrogens with two attached hydrogens (primary N) is 2. The highest BCUT2D eigenvalue weighted by molar-refractivity contribution is 5.99. The molecule has 1 saturated carbocycles. The van der Waals surface area contributed by atoms with Crippen LogP contribution >= 0.6 is 0 Å². The number of primary amides is 1. The fourth-order valence-electron chi connectivity index (χ4n) is 4.68. The third-order valence-electron chi connectivity index (χ3n) is 6.45. The Morgan fingerprint density at radius 1 is 1.19 bits per heavy atom. The van der Waals surface area contributed by atoms with Crippen molar-refractivity contribution in [2.75, 3.05) is 13.1 Å². The minimum absolute atomic E-state index is 0.0363. The van der Waals surface area contributed by atoms with Gasteiger partial charge in [0.05, 0.1) is 18.1 Å². The molecule has 4 N–H and O–H groups in total. The molecule has 3 rings (SSSR count). The number of nitrogens with zero attached hydrogens (tertiary/aromatic N) is 2. The van der Waals surface area contributed by atoms with E-state index in [1.807, 2.05) is 0 Å². The fourth-order valence-corrected chi connectivity index (χ4v) is 4.68. The first-order chi connectivity index (χ1) is 12.7. The van der Waals surface area contributed by atoms with Gasteiger partial charge in [-0.05, 0) is 25.7 Å². The molecular weight excluding hydrogens is 348 g/mol. The first-order valence-corrected chi connectivity index (χ1v) is 9.96. The van der Waals surface area contributed by atoms with Gasteiger partial charge in [0.2, 0.25) is 17.7 Å². The molecule has 0 aromatic heterocycles. The normalized spacial score (nSPS) is 28.1. The summed E-state index contributed by atoms with van der Waals surface area (Å²) < 4.78 is 0. The second-order valence-electron chi connectivity index (χ2n) is 8.35. The van der Waals surface area contributed by atoms with E-state index in [0.29, 0.717) is 32.2 Å². The molecule has 0 radical (unpaired) electrons. The summed E-state index contributed by atoms with van der Waals surface area (Å²) in [5, 5.41) is 0. The van der Waals surface area contributed by atoms with Gasteiger partial charge in [-0.3, -0.25) is 19.2 Å². The Morgan fingerprint density at radius 2 is 1.85 bits per heavy atom. The van der Waals surface area contributed by atoms with Crippen molar-refractivity contribution in [3.63, 3.8) is 0 Å². The maximum absolute atomic E-state index is 13.1. The molecule has 3 aliphatic rings. The molecule has 8 nitrogen and oxygen atoms in total. The number of hydrogen-bond acceptors (Lipinski definition) is 5. The number of fused-ring (bicyclic) bond motifs is 1. The number of ketones is 1. The summed E-state index contributed by atoms with van der Waals surface area (Å²) in [5.74, 6) is -1.20. The lowest BCUT2D eigenvalue weighted by Crippen LogP contribution is -2.57. The highest BCUT2D eigenvalue weighted by Gasteiger charge is 2.53. The quantitative estimate of drug-likeness (QED) is 0.692. The van der Waals surface area contributed by atoms with Crippen LogP contribution in [-0.2, 0) is 19.2 Å². The zero-order chi connectivity index (χ0) is 19.8. The lowest BCUT2D eigenvalue weighted by molar-refractivity contribution is -0.140. The monoisotopic (exact) mass is 378 g/mol. The van der Waals surface area contributed by atoms with Crippen LogP contribution in [0.15, 0.2) is 0 Å². The van der Waals surface area contributed by atoms with Crippen molar-refractivity contribution in [1.29, 1.82) is 0 Å². The summed E-state index contributed by atoms with van der Waals surface area (Å²) in [7, 11) is 0. The van der Waals surface area contributed by atoms with Gasteiger partial charge in [0, 0.05) is 18.9 Å². The summed E-state index contributed by atoms with van der Waals surface area (Å²) in [6, 6.07) is -0.845. The Hall–Kier alpha value is -1.96. The average molecular weight is 378 g/mol. The highest BCUT2D eigenvalue weighted by atomic mass is 16.2. The Balaban J connectivity index is 1.66. The number of carbonyl (C=O) groups excluding carboxylic acids is 4. The third-order valence-corrected chi connectivity index (χ3v) is 6.45. The van der Waals surface area contributed by atoms with Crippen molar-refractivity contribution in [3.05, 3.63) is 0 Å². The maximum Gasteiger partial charge on any atom is 0.243 e. The van der Waals surface area contributed by atoms with Crippen molar-refractivity contribution < 1.29 is 19.2 Å². The summed E-state index contributed by atoms with van der Waals surface area (Å²) in [5.41, 5.74) is 10.8. The van der Waals surface area contributed by atoms with E-state index >= 15 is 0 Å². The van der Waals surface area contributed by atoms with Gasteiger partial charge in [0.15, 0.2) is 5.78 Å². The topological polar surface area (TPSA) is 127 Å². The van der Waals surface area contributed by atoms with Crippen LogP contribution in [0.25, 0.3) is 0 Å². The molecule has 2 aliphatic heterocycles. The van der Waals surface area contributed by atoms with E-state index in [0.717, 1.165) is 19.3 Å². The Kier molecular flexibility index (Phi) is 5.55. The average Bonchev–Trinajstić information content (AvgIpc) is 3.21. The Bertz CT molecular complexity index is 644. The molecule has 0 spiro atoms. The molecule has 150 valence electrons. The van der Waals surface area contributed by atoms with Crippen LogP contribution < -0.4 is 11.5 Å². The van der Waals surface area contributed by atoms with E-state index in [1.165, 1.54) is 0 Å². The van der Waals surface area contributed by atoms with Gasteiger partial charge in [-0.25, -0.2) is 0 Å². The largest absolute Gasteiger partial charge is 0.369 e. The van der Waals surface area contributed by atoms with Crippen LogP contribution in [0, 0.1) is 5.92 Å². The number of rotatable bonds is 5. The van der Waals surface area contributed by atoms with Crippen LogP contribution in [0.5, 0.6) is 0 Å². The molecule has 27 heavy (non-hydrogen) atoms. The number of likely N-dealkylation sites (tertiary alicyclic amines) is 2. The lowest BCUT2D eigenvalue weighted by Gasteiger charge is -2.37. The van der Waals surface area contributed by atoms with Crippen molar-refractivity contribution in [1.82, 2.24) is 9.80 Å². The molecule has 3 fully saturated rings. The summed E-state index contributed by atoms with van der Waals surface area (Å²) in [4.78, 5) is 52.6. The van der Waals surface area contributed by atoms with Crippen LogP contribution in [0.4, 0.5) is 0 Å². The number of Topliss-reactive ketones (excluding diaryl/α,β-unsaturated/α-hetero) is 1. The molecule has 3 atom stereocenters. The Labute approximate surface area is 159 Å². The lowest BCUT2D eigenvalue weighted by atomic mass is 9.81. The molecule has 2 heterocycles. The van der Waals surface area contributed by atoms with E-state index in [1.54, 1.807) is 16.7 Å². The van der Waals surface area contributed by atoms with Crippen LogP contribution in [0.2, 0.25) is 0 Å². The molecule has 1 aliphatic carbocycles. The van der Waals surface area contributed by atoms with Crippen LogP contribution in [-0.4, -0.2) is 64.0 Å². The zero-order valence-electron chi connectivity index (χ0n) is 16.0. The summed E-state index contributed by atoms with van der Waals surface area (Å²) >= 11 is 0. The first-order valence-electron chi connectivity index (χ1n) is 9.96. The standard InChI is InChI=1S/C19H30N4O4/c1-12(17(20)26)5-6-15(25)22-10-7-13-16(22)14(24)11-23(13)18(27)19(21)8-3-2-4-9-19/h12-13,16H,2-11,21H2,1H3,(H2,20,26). The molecule has 3 amide bonds. The summed E-state index contributed by atoms with van der Waals surface area (Å²) in [6.45, 7) is 2.18. The predicted octanol–water partition coefficient (Wildman–Crippen LogP) is -0.0696. The predicted molar refractivity (Wildman–Crippen MR) is 98.2 cm³/mol. The first kappa shape index (κ1) is 19.8. The number of carbonyl (C=O) groups is 4. The van der Waals surface area contributed by atoms with Gasteiger partial charge < -0.3 is 21.3 Å². The van der Waals surface area contributed by atoms with Gasteiger partial charge in [0.25, 0.3) is 0 Å². The van der Waals surface area contributed by atoms with E-state index in [4.69, 9.17) is 11.5 Å². The molecule has 0 aromatic rings. The van der Waals surface area contributed by atoms with Gasteiger partial charge >= 0.3 is 0 Å². The van der Waals surface area contributed by atoms with Gasteiger partial charge in [0.1, 0.15) is 6.04 Å². The zero-order valence-corrected chi connectivity index (χ0v) is 16.0.